The lowest BCUT2D eigenvalue weighted by Crippen LogP contribution is -2.35. The molecule has 2 atom stereocenters. The minimum Gasteiger partial charge on any atom is -0.453 e. The van der Waals surface area contributed by atoms with Crippen molar-refractivity contribution >= 4 is 33.5 Å². The van der Waals surface area contributed by atoms with Gasteiger partial charge in [-0.15, -0.1) is 0 Å². The number of carbonyl (C=O) groups is 1. The fourth-order valence-electron chi connectivity index (χ4n) is 3.52. The van der Waals surface area contributed by atoms with Gasteiger partial charge < -0.3 is 9.64 Å². The van der Waals surface area contributed by atoms with Gasteiger partial charge in [0.25, 0.3) is 0 Å². The van der Waals surface area contributed by atoms with Crippen molar-refractivity contribution < 1.29 is 18.1 Å². The van der Waals surface area contributed by atoms with E-state index in [-0.39, 0.29) is 5.16 Å². The first-order valence-corrected chi connectivity index (χ1v) is 11.6. The van der Waals surface area contributed by atoms with Crippen LogP contribution in [0.15, 0.2) is 47.8 Å². The van der Waals surface area contributed by atoms with Gasteiger partial charge in [-0.25, -0.2) is 24.1 Å². The second-order valence-corrected chi connectivity index (χ2v) is 8.76. The Balaban J connectivity index is 1.71. The quantitative estimate of drug-likeness (QED) is 0.441. The average molecular weight is 443 g/mol. The molecular formula is C22H23FN4O3S. The number of pyridine rings is 1. The molecule has 1 fully saturated rings. The Kier molecular flexibility index (Phi) is 6.22. The molecule has 162 valence electrons. The minimum atomic E-state index is -1.34. The van der Waals surface area contributed by atoms with E-state index in [1.807, 2.05) is 11.0 Å². The fourth-order valence-corrected chi connectivity index (χ4v) is 3.94. The standard InChI is InChI=1S/C22H23FN4O3S/c1-14(30-21(28)15-6-4-3-5-7-15)18-12-16-13-24-22(31(2)29)26-19(16)20(25-18)27-10-8-17(23)9-11-27/h3-7,12-14,17H,8-11H2,1-2H3/t14-,31?/m1/s1. The van der Waals surface area contributed by atoms with Crippen LogP contribution < -0.4 is 4.90 Å². The number of hydrogen-bond donors (Lipinski definition) is 0. The van der Waals surface area contributed by atoms with E-state index in [1.165, 1.54) is 6.26 Å². The molecule has 0 amide bonds. The molecule has 1 unspecified atom stereocenters. The molecule has 0 N–H and O–H groups in total. The molecule has 1 aromatic carbocycles. The summed E-state index contributed by atoms with van der Waals surface area (Å²) in [5.41, 5.74) is 1.56. The van der Waals surface area contributed by atoms with Crippen molar-refractivity contribution in [2.75, 3.05) is 24.2 Å². The Hall–Kier alpha value is -2.94. The van der Waals surface area contributed by atoms with E-state index < -0.39 is 29.0 Å². The number of piperidine rings is 1. The van der Waals surface area contributed by atoms with Gasteiger partial charge in [0.15, 0.2) is 5.82 Å². The van der Waals surface area contributed by atoms with Crippen molar-refractivity contribution in [3.05, 3.63) is 53.9 Å². The summed E-state index contributed by atoms with van der Waals surface area (Å²) in [4.78, 5) is 27.8. The smallest absolute Gasteiger partial charge is 0.338 e. The molecular weight excluding hydrogens is 419 g/mol. The fraction of sp³-hybridized carbons (Fsp3) is 0.364. The molecule has 0 bridgehead atoms. The summed E-state index contributed by atoms with van der Waals surface area (Å²) < 4.78 is 31.2. The molecule has 1 saturated heterocycles. The highest BCUT2D eigenvalue weighted by atomic mass is 32.2. The van der Waals surface area contributed by atoms with E-state index in [4.69, 9.17) is 9.72 Å². The highest BCUT2D eigenvalue weighted by Gasteiger charge is 2.24. The first-order valence-electron chi connectivity index (χ1n) is 10.1. The first-order chi connectivity index (χ1) is 14.9. The molecule has 2 aromatic heterocycles. The van der Waals surface area contributed by atoms with Crippen molar-refractivity contribution in [2.24, 2.45) is 0 Å². The van der Waals surface area contributed by atoms with Crippen molar-refractivity contribution in [2.45, 2.75) is 37.2 Å². The van der Waals surface area contributed by atoms with Gasteiger partial charge in [-0.2, -0.15) is 0 Å². The number of benzene rings is 1. The number of aromatic nitrogens is 3. The maximum atomic E-state index is 13.7. The molecule has 0 radical (unpaired) electrons. The normalized spacial score (nSPS) is 16.8. The van der Waals surface area contributed by atoms with E-state index in [0.29, 0.717) is 53.9 Å². The Labute approximate surface area is 182 Å². The third-order valence-corrected chi connectivity index (χ3v) is 5.95. The second kappa shape index (κ2) is 9.05. The van der Waals surface area contributed by atoms with Gasteiger partial charge in [0.1, 0.15) is 17.8 Å². The van der Waals surface area contributed by atoms with Gasteiger partial charge in [0.2, 0.25) is 5.16 Å². The number of carbonyl (C=O) groups excluding carboxylic acids is 1. The molecule has 3 heterocycles. The SMILES string of the molecule is C[C@@H](OC(=O)c1ccccc1)c1cc2cnc(S(C)=O)nc2c(N2CCC(F)CC2)n1. The maximum absolute atomic E-state index is 13.7. The van der Waals surface area contributed by atoms with Crippen LogP contribution in [0.5, 0.6) is 0 Å². The highest BCUT2D eigenvalue weighted by molar-refractivity contribution is 7.84. The Morgan fingerprint density at radius 3 is 2.61 bits per heavy atom. The van der Waals surface area contributed by atoms with Gasteiger partial charge in [0, 0.05) is 30.9 Å². The van der Waals surface area contributed by atoms with Crippen LogP contribution in [0.2, 0.25) is 0 Å². The molecule has 1 aliphatic rings. The summed E-state index contributed by atoms with van der Waals surface area (Å²) in [6, 6.07) is 10.5. The highest BCUT2D eigenvalue weighted by Crippen LogP contribution is 2.30. The van der Waals surface area contributed by atoms with E-state index in [9.17, 15) is 13.4 Å². The number of alkyl halides is 1. The van der Waals surface area contributed by atoms with Crippen molar-refractivity contribution in [1.29, 1.82) is 0 Å². The summed E-state index contributed by atoms with van der Waals surface area (Å²) in [6.45, 7) is 2.75. The van der Waals surface area contributed by atoms with Crippen LogP contribution in [-0.2, 0) is 15.5 Å². The predicted molar refractivity (Wildman–Crippen MR) is 116 cm³/mol. The number of nitrogens with zero attached hydrogens (tertiary/aromatic N) is 4. The number of ether oxygens (including phenoxy) is 1. The molecule has 0 aliphatic carbocycles. The zero-order chi connectivity index (χ0) is 22.0. The van der Waals surface area contributed by atoms with Crippen molar-refractivity contribution in [3.63, 3.8) is 0 Å². The molecule has 4 rings (SSSR count). The van der Waals surface area contributed by atoms with Gasteiger partial charge in [-0.05, 0) is 38.0 Å². The Morgan fingerprint density at radius 1 is 1.23 bits per heavy atom. The molecule has 9 heteroatoms. The number of hydrogen-bond acceptors (Lipinski definition) is 7. The first kappa shape index (κ1) is 21.3. The summed E-state index contributed by atoms with van der Waals surface area (Å²) >= 11 is 0. The van der Waals surface area contributed by atoms with Crippen LogP contribution in [0.1, 0.15) is 41.9 Å². The summed E-state index contributed by atoms with van der Waals surface area (Å²) in [7, 11) is -1.34. The van der Waals surface area contributed by atoms with Crippen LogP contribution >= 0.6 is 0 Å². The molecule has 1 aliphatic heterocycles. The van der Waals surface area contributed by atoms with E-state index >= 15 is 0 Å². The van der Waals surface area contributed by atoms with Crippen LogP contribution in [0.4, 0.5) is 10.2 Å². The minimum absolute atomic E-state index is 0.215. The lowest BCUT2D eigenvalue weighted by Gasteiger charge is -2.30. The molecule has 3 aromatic rings. The molecule has 7 nitrogen and oxygen atoms in total. The zero-order valence-electron chi connectivity index (χ0n) is 17.3. The lowest BCUT2D eigenvalue weighted by molar-refractivity contribution is 0.0329. The van der Waals surface area contributed by atoms with Crippen molar-refractivity contribution in [1.82, 2.24) is 15.0 Å². The number of halogens is 1. The van der Waals surface area contributed by atoms with Gasteiger partial charge in [-0.3, -0.25) is 4.21 Å². The third-order valence-electron chi connectivity index (χ3n) is 5.24. The topological polar surface area (TPSA) is 85.3 Å². The van der Waals surface area contributed by atoms with E-state index in [1.54, 1.807) is 43.5 Å². The van der Waals surface area contributed by atoms with Crippen LogP contribution in [0.25, 0.3) is 10.9 Å². The third kappa shape index (κ3) is 4.71. The largest absolute Gasteiger partial charge is 0.453 e. The number of anilines is 1. The van der Waals surface area contributed by atoms with Gasteiger partial charge in [-0.1, -0.05) is 18.2 Å². The van der Waals surface area contributed by atoms with Gasteiger partial charge in [0.05, 0.1) is 22.1 Å². The van der Waals surface area contributed by atoms with Crippen LogP contribution in [0.3, 0.4) is 0 Å². The van der Waals surface area contributed by atoms with Crippen molar-refractivity contribution in [3.8, 4) is 0 Å². The average Bonchev–Trinajstić information content (AvgIpc) is 2.79. The zero-order valence-corrected chi connectivity index (χ0v) is 18.1. The lowest BCUT2D eigenvalue weighted by atomic mass is 10.1. The van der Waals surface area contributed by atoms with Crippen LogP contribution in [-0.4, -0.2) is 50.6 Å². The number of rotatable bonds is 5. The van der Waals surface area contributed by atoms with Gasteiger partial charge >= 0.3 is 5.97 Å². The van der Waals surface area contributed by atoms with Crippen LogP contribution in [0, 0.1) is 0 Å². The monoisotopic (exact) mass is 442 g/mol. The Bertz CT molecular complexity index is 1120. The summed E-state index contributed by atoms with van der Waals surface area (Å²) in [5.74, 6) is 0.124. The maximum Gasteiger partial charge on any atom is 0.338 e. The Morgan fingerprint density at radius 2 is 1.94 bits per heavy atom. The number of esters is 1. The summed E-state index contributed by atoms with van der Waals surface area (Å²) in [5, 5.41) is 0.909. The molecule has 31 heavy (non-hydrogen) atoms. The van der Waals surface area contributed by atoms with E-state index in [2.05, 4.69) is 9.97 Å². The molecule has 0 saturated carbocycles. The molecule has 0 spiro atoms. The predicted octanol–water partition coefficient (Wildman–Crippen LogP) is 3.62. The second-order valence-electron chi connectivity index (χ2n) is 7.49. The summed E-state index contributed by atoms with van der Waals surface area (Å²) in [6.07, 6.45) is 2.48. The number of fused-ring (bicyclic) bond motifs is 1. The van der Waals surface area contributed by atoms with E-state index in [0.717, 1.165) is 0 Å².